The lowest BCUT2D eigenvalue weighted by Gasteiger charge is -2.43. The summed E-state index contributed by atoms with van der Waals surface area (Å²) in [6, 6.07) is 9.66. The zero-order valence-corrected chi connectivity index (χ0v) is 24.4. The summed E-state index contributed by atoms with van der Waals surface area (Å²) in [4.78, 5) is 5.11. The van der Waals surface area contributed by atoms with E-state index in [4.69, 9.17) is 0 Å². The molecule has 37 heavy (non-hydrogen) atoms. The summed E-state index contributed by atoms with van der Waals surface area (Å²) in [6.45, 7) is 14.4. The van der Waals surface area contributed by atoms with E-state index in [0.29, 0.717) is 6.04 Å². The van der Waals surface area contributed by atoms with Gasteiger partial charge in [-0.1, -0.05) is 111 Å². The third kappa shape index (κ3) is 5.10. The van der Waals surface area contributed by atoms with Gasteiger partial charge >= 0.3 is 0 Å². The normalized spacial score (nSPS) is 24.4. The quantitative estimate of drug-likeness (QED) is 0.404. The van der Waals surface area contributed by atoms with E-state index < -0.39 is 0 Å². The molecule has 0 N–H and O–H groups in total. The van der Waals surface area contributed by atoms with Gasteiger partial charge in [-0.05, 0) is 62.0 Å². The first-order valence-corrected chi connectivity index (χ1v) is 14.9. The lowest BCUT2D eigenvalue weighted by atomic mass is 9.64. The number of likely N-dealkylation sites (N-methyl/N-ethyl adjacent to an activating group) is 2. The molecule has 2 saturated carbocycles. The van der Waals surface area contributed by atoms with Crippen LogP contribution in [0.4, 0.5) is 5.69 Å². The second-order valence-corrected chi connectivity index (χ2v) is 10.5. The summed E-state index contributed by atoms with van der Waals surface area (Å²) in [5.41, 5.74) is 7.77. The zero-order chi connectivity index (χ0) is 26.3. The molecule has 2 nitrogen and oxygen atoms in total. The van der Waals surface area contributed by atoms with Crippen LogP contribution < -0.4 is 4.90 Å². The molecule has 0 amide bonds. The van der Waals surface area contributed by atoms with E-state index in [-0.39, 0.29) is 18.3 Å². The van der Waals surface area contributed by atoms with Crippen LogP contribution in [0.3, 0.4) is 0 Å². The van der Waals surface area contributed by atoms with Crippen molar-refractivity contribution in [3.63, 3.8) is 0 Å². The summed E-state index contributed by atoms with van der Waals surface area (Å²) < 4.78 is 0. The summed E-state index contributed by atoms with van der Waals surface area (Å²) in [6.07, 6.45) is 22.6. The van der Waals surface area contributed by atoms with E-state index in [0.717, 1.165) is 0 Å². The van der Waals surface area contributed by atoms with Crippen molar-refractivity contribution in [2.75, 3.05) is 19.0 Å². The minimum Gasteiger partial charge on any atom is -0.367 e. The Bertz CT molecular complexity index is 967. The number of rotatable bonds is 3. The van der Waals surface area contributed by atoms with Gasteiger partial charge in [-0.25, -0.2) is 0 Å². The van der Waals surface area contributed by atoms with Crippen LogP contribution in [-0.2, 0) is 5.41 Å². The number of benzene rings is 1. The van der Waals surface area contributed by atoms with Gasteiger partial charge in [0, 0.05) is 42.0 Å². The van der Waals surface area contributed by atoms with Crippen molar-refractivity contribution in [1.29, 1.82) is 0 Å². The minimum atomic E-state index is 0. The first-order valence-electron chi connectivity index (χ1n) is 14.9. The molecule has 0 bridgehead atoms. The molecule has 1 unspecified atom stereocenters. The lowest BCUT2D eigenvalue weighted by Crippen LogP contribution is -2.44. The average molecular weight is 505 g/mol. The van der Waals surface area contributed by atoms with Crippen LogP contribution in [0, 0.1) is 5.41 Å². The molecular weight excluding hydrogens is 448 g/mol. The van der Waals surface area contributed by atoms with Crippen molar-refractivity contribution >= 4 is 5.69 Å². The fraction of sp³-hybridized carbons (Fsp3) is 0.600. The van der Waals surface area contributed by atoms with E-state index in [9.17, 15) is 0 Å². The molecule has 0 radical (unpaired) electrons. The minimum absolute atomic E-state index is 0. The Hall–Kier alpha value is -2.22. The number of hydrogen-bond acceptors (Lipinski definition) is 2. The molecule has 1 atom stereocenters. The maximum Gasteiger partial charge on any atom is 0.0587 e. The lowest BCUT2D eigenvalue weighted by molar-refractivity contribution is 0.257. The van der Waals surface area contributed by atoms with Gasteiger partial charge in [-0.2, -0.15) is 0 Å². The molecule has 2 aliphatic heterocycles. The number of para-hydroxylation sites is 1. The first-order chi connectivity index (χ1) is 17.6. The first kappa shape index (κ1) is 31.0. The molecular formula is C35H56N2. The highest BCUT2D eigenvalue weighted by molar-refractivity contribution is 5.66. The second kappa shape index (κ2) is 13.5. The summed E-state index contributed by atoms with van der Waals surface area (Å²) in [5.74, 6) is 0. The summed E-state index contributed by atoms with van der Waals surface area (Å²) >= 11 is 0. The molecule has 2 fully saturated rings. The van der Waals surface area contributed by atoms with Crippen molar-refractivity contribution in [1.82, 2.24) is 4.90 Å². The van der Waals surface area contributed by atoms with Gasteiger partial charge in [0.25, 0.3) is 0 Å². The van der Waals surface area contributed by atoms with Crippen LogP contribution >= 0.6 is 0 Å². The second-order valence-electron chi connectivity index (χ2n) is 10.5. The predicted octanol–water partition coefficient (Wildman–Crippen LogP) is 10.2. The Morgan fingerprint density at radius 3 is 2.00 bits per heavy atom. The topological polar surface area (TPSA) is 6.48 Å². The summed E-state index contributed by atoms with van der Waals surface area (Å²) in [5, 5.41) is 0. The van der Waals surface area contributed by atoms with Gasteiger partial charge < -0.3 is 9.80 Å². The highest BCUT2D eigenvalue weighted by atomic mass is 15.2. The van der Waals surface area contributed by atoms with Crippen molar-refractivity contribution in [3.8, 4) is 0 Å². The molecule has 2 heterocycles. The van der Waals surface area contributed by atoms with E-state index in [1.807, 2.05) is 27.7 Å². The average Bonchev–Trinajstić information content (AvgIpc) is 3.28. The molecule has 206 valence electrons. The smallest absolute Gasteiger partial charge is 0.0587 e. The van der Waals surface area contributed by atoms with Crippen molar-refractivity contribution in [2.24, 2.45) is 5.41 Å². The van der Waals surface area contributed by atoms with Gasteiger partial charge in [-0.3, -0.25) is 0 Å². The number of fused-ring (bicyclic) bond motifs is 2. The number of anilines is 1. The number of hydrogen-bond donors (Lipinski definition) is 0. The Kier molecular flexibility index (Phi) is 11.3. The van der Waals surface area contributed by atoms with Crippen LogP contribution in [0.25, 0.3) is 0 Å². The van der Waals surface area contributed by atoms with Crippen LogP contribution in [0.5, 0.6) is 0 Å². The van der Waals surface area contributed by atoms with Crippen LogP contribution in [-0.4, -0.2) is 25.0 Å². The Balaban J connectivity index is 0.000000919. The van der Waals surface area contributed by atoms with Crippen molar-refractivity contribution in [2.45, 2.75) is 118 Å². The largest absolute Gasteiger partial charge is 0.367 e. The highest BCUT2D eigenvalue weighted by Crippen LogP contribution is 2.58. The number of allylic oxidation sites excluding steroid dienone is 4. The van der Waals surface area contributed by atoms with E-state index in [1.54, 1.807) is 5.56 Å². The molecule has 0 saturated heterocycles. The van der Waals surface area contributed by atoms with Gasteiger partial charge in [0.05, 0.1) is 6.04 Å². The van der Waals surface area contributed by atoms with E-state index in [1.165, 1.54) is 86.9 Å². The molecule has 1 aromatic carbocycles. The number of nitrogens with zero attached hydrogens (tertiary/aromatic N) is 2. The molecule has 5 rings (SSSR count). The third-order valence-corrected chi connectivity index (χ3v) is 9.11. The van der Waals surface area contributed by atoms with Gasteiger partial charge in [0.15, 0.2) is 0 Å². The van der Waals surface area contributed by atoms with E-state index >= 15 is 0 Å². The van der Waals surface area contributed by atoms with Gasteiger partial charge in [-0.15, -0.1) is 0 Å². The van der Waals surface area contributed by atoms with Crippen molar-refractivity contribution < 1.29 is 0 Å². The van der Waals surface area contributed by atoms with Gasteiger partial charge in [0.2, 0.25) is 0 Å². The molecule has 0 aromatic heterocycles. The monoisotopic (exact) mass is 504 g/mol. The fourth-order valence-electron chi connectivity index (χ4n) is 7.68. The molecule has 4 aliphatic rings. The van der Waals surface area contributed by atoms with E-state index in [2.05, 4.69) is 86.0 Å². The van der Waals surface area contributed by atoms with Crippen LogP contribution in [0.1, 0.15) is 112 Å². The Morgan fingerprint density at radius 1 is 0.865 bits per heavy atom. The third-order valence-electron chi connectivity index (χ3n) is 9.11. The van der Waals surface area contributed by atoms with Crippen LogP contribution in [0.15, 0.2) is 72.1 Å². The SMILES string of the molecule is C.C=CC1=C(/C=C\C)N(C)/C(=C\C2N(C)c3ccccc3C23CCCCC3)C12CCCCC2.CC.CC. The van der Waals surface area contributed by atoms with Gasteiger partial charge in [0.1, 0.15) is 0 Å². The Morgan fingerprint density at radius 2 is 1.43 bits per heavy atom. The predicted molar refractivity (Wildman–Crippen MR) is 166 cm³/mol. The molecule has 2 aliphatic carbocycles. The van der Waals surface area contributed by atoms with Crippen LogP contribution in [0.2, 0.25) is 0 Å². The zero-order valence-electron chi connectivity index (χ0n) is 24.4. The molecule has 2 spiro atoms. The van der Waals surface area contributed by atoms with Crippen molar-refractivity contribution in [3.05, 3.63) is 77.7 Å². The fourth-order valence-corrected chi connectivity index (χ4v) is 7.68. The maximum absolute atomic E-state index is 4.30. The molecule has 1 aromatic rings. The maximum atomic E-state index is 4.30. The standard InChI is InChI=1S/C30H40N2.2C2H6.CH4/c1-5-15-25-23(6-2)29(18-11-7-12-19-29)27(31(25)3)22-28-30(20-13-8-14-21-30)24-16-9-10-17-26(24)32(28)4;2*1-2;/h5-6,9-10,15-17,22,28H,2,7-8,11-14,18-21H2,1,3-4H3;2*1-2H3;1H4/b15-5-,27-22-;;;. The highest BCUT2D eigenvalue weighted by Gasteiger charge is 2.52. The molecule has 2 heteroatoms. The Labute approximate surface area is 230 Å². The summed E-state index contributed by atoms with van der Waals surface area (Å²) in [7, 11) is 4.63.